The van der Waals surface area contributed by atoms with Gasteiger partial charge in [-0.1, -0.05) is 76.2 Å². The zero-order valence-corrected chi connectivity index (χ0v) is 25.0. The third-order valence-electron chi connectivity index (χ3n) is 5.18. The van der Waals surface area contributed by atoms with E-state index in [0.717, 1.165) is 37.8 Å². The van der Waals surface area contributed by atoms with Crippen molar-refractivity contribution in [2.75, 3.05) is 52.7 Å². The van der Waals surface area contributed by atoms with Crippen LogP contribution in [0.25, 0.3) is 4.85 Å². The highest BCUT2D eigenvalue weighted by atomic mass is 28.4. The molecule has 0 saturated heterocycles. The van der Waals surface area contributed by atoms with E-state index in [0.29, 0.717) is 50.7 Å². The van der Waals surface area contributed by atoms with Crippen molar-refractivity contribution in [3.8, 4) is 6.57 Å². The first-order valence-corrected chi connectivity index (χ1v) is 15.2. The van der Waals surface area contributed by atoms with Gasteiger partial charge in [0.25, 0.3) is 13.1 Å². The van der Waals surface area contributed by atoms with Gasteiger partial charge in [-0.3, -0.25) is 4.79 Å². The summed E-state index contributed by atoms with van der Waals surface area (Å²) in [6, 6.07) is 7.46. The number of nitrogens with zero attached hydrogens (tertiary/aromatic N) is 1. The van der Waals surface area contributed by atoms with E-state index < -0.39 is 8.56 Å². The predicted molar refractivity (Wildman–Crippen MR) is 153 cm³/mol. The number of benzene rings is 1. The molecule has 208 valence electrons. The Bertz CT molecular complexity index is 639. The number of ether oxygens (including phenoxy) is 2. The average Bonchev–Trinajstić information content (AvgIpc) is 2.87. The second kappa shape index (κ2) is 25.1. The van der Waals surface area contributed by atoms with Gasteiger partial charge in [-0.05, 0) is 30.8 Å². The standard InChI is InChI=1S/C15H35NO4Si.C8H8O.C5H10N/c1-6-8-17-10-12-19-21(14(2)3,15(4)5)20-13-11-18-9-7-16;1-7-2-4-8(6-9)5-3-7;1-3-4-5-6-2/h14-15H,6-13,16H2,1-5H3;2-6H,1H3;2H,3-5H2,1H3/q;;+1. The van der Waals surface area contributed by atoms with Gasteiger partial charge in [0.05, 0.1) is 33.0 Å². The molecule has 0 radical (unpaired) electrons. The van der Waals surface area contributed by atoms with Gasteiger partial charge in [-0.25, -0.2) is 0 Å². The van der Waals surface area contributed by atoms with Crippen LogP contribution in [0, 0.1) is 13.5 Å². The second-order valence-corrected chi connectivity index (χ2v) is 13.4. The van der Waals surface area contributed by atoms with Gasteiger partial charge >= 0.3 is 8.56 Å². The van der Waals surface area contributed by atoms with Crippen LogP contribution in [-0.4, -0.2) is 67.6 Å². The summed E-state index contributed by atoms with van der Waals surface area (Å²) in [5.41, 5.74) is 8.10. The van der Waals surface area contributed by atoms with Crippen LogP contribution in [0.2, 0.25) is 11.1 Å². The fourth-order valence-electron chi connectivity index (χ4n) is 3.22. The Balaban J connectivity index is 0. The molecule has 0 saturated carbocycles. The summed E-state index contributed by atoms with van der Waals surface area (Å²) in [4.78, 5) is 13.5. The topological polar surface area (TPSA) is 84.4 Å². The lowest BCUT2D eigenvalue weighted by Gasteiger charge is -2.37. The van der Waals surface area contributed by atoms with Gasteiger partial charge < -0.3 is 24.1 Å². The van der Waals surface area contributed by atoms with Crippen molar-refractivity contribution in [1.29, 1.82) is 0 Å². The molecular formula is C28H53N2O5Si+. The maximum Gasteiger partial charge on any atom is 0.343 e. The predicted octanol–water partition coefficient (Wildman–Crippen LogP) is 6.24. The van der Waals surface area contributed by atoms with Crippen molar-refractivity contribution in [2.24, 2.45) is 5.73 Å². The van der Waals surface area contributed by atoms with E-state index in [1.54, 1.807) is 0 Å². The van der Waals surface area contributed by atoms with Crippen molar-refractivity contribution >= 4 is 14.8 Å². The maximum atomic E-state index is 10.1. The Morgan fingerprint density at radius 2 is 1.42 bits per heavy atom. The number of unbranched alkanes of at least 4 members (excludes halogenated alkanes) is 1. The first-order chi connectivity index (χ1) is 17.2. The fraction of sp³-hybridized carbons (Fsp3) is 0.714. The number of nitrogens with two attached hydrogens (primary N) is 1. The molecule has 0 aliphatic rings. The van der Waals surface area contributed by atoms with Crippen LogP contribution in [0.4, 0.5) is 0 Å². The molecule has 36 heavy (non-hydrogen) atoms. The normalized spacial score (nSPS) is 10.8. The molecule has 0 atom stereocenters. The Morgan fingerprint density at radius 3 is 1.78 bits per heavy atom. The molecule has 0 aromatic heterocycles. The lowest BCUT2D eigenvalue weighted by molar-refractivity contribution is 0.0552. The van der Waals surface area contributed by atoms with Gasteiger partial charge in [0.2, 0.25) is 0 Å². The molecule has 0 aliphatic carbocycles. The number of hydrogen-bond acceptors (Lipinski definition) is 6. The Hall–Kier alpha value is -1.60. The van der Waals surface area contributed by atoms with Gasteiger partial charge in [0.15, 0.2) is 0 Å². The molecule has 7 nitrogen and oxygen atoms in total. The highest BCUT2D eigenvalue weighted by Gasteiger charge is 2.44. The fourth-order valence-corrected chi connectivity index (χ4v) is 6.78. The number of rotatable bonds is 17. The van der Waals surface area contributed by atoms with Crippen LogP contribution in [-0.2, 0) is 18.3 Å². The van der Waals surface area contributed by atoms with Gasteiger partial charge in [0.1, 0.15) is 6.29 Å². The van der Waals surface area contributed by atoms with Gasteiger partial charge in [0, 0.05) is 25.1 Å². The Kier molecular flexibility index (Phi) is 25.4. The molecule has 2 N–H and O–H groups in total. The molecule has 0 aliphatic heterocycles. The van der Waals surface area contributed by atoms with E-state index in [4.69, 9.17) is 30.6 Å². The molecule has 0 unspecified atom stereocenters. The zero-order valence-electron chi connectivity index (χ0n) is 24.0. The maximum absolute atomic E-state index is 10.1. The lowest BCUT2D eigenvalue weighted by Crippen LogP contribution is -2.49. The number of carbonyl (C=O) groups is 1. The largest absolute Gasteiger partial charge is 0.391 e. The number of aldehydes is 1. The van der Waals surface area contributed by atoms with Crippen molar-refractivity contribution in [3.05, 3.63) is 40.2 Å². The summed E-state index contributed by atoms with van der Waals surface area (Å²) in [6.07, 6.45) is 4.18. The summed E-state index contributed by atoms with van der Waals surface area (Å²) in [6.45, 7) is 24.9. The highest BCUT2D eigenvalue weighted by molar-refractivity contribution is 6.70. The van der Waals surface area contributed by atoms with E-state index in [2.05, 4.69) is 46.4 Å². The van der Waals surface area contributed by atoms with Gasteiger partial charge in [-0.15, -0.1) is 0 Å². The molecule has 1 aromatic rings. The van der Waals surface area contributed by atoms with Gasteiger partial charge in [-0.2, -0.15) is 0 Å². The van der Waals surface area contributed by atoms with Crippen LogP contribution in [0.3, 0.4) is 0 Å². The minimum Gasteiger partial charge on any atom is -0.391 e. The van der Waals surface area contributed by atoms with Crippen LogP contribution < -0.4 is 5.73 Å². The average molecular weight is 526 g/mol. The van der Waals surface area contributed by atoms with E-state index in [1.807, 2.05) is 31.2 Å². The Labute approximate surface area is 222 Å². The third-order valence-corrected chi connectivity index (χ3v) is 9.71. The highest BCUT2D eigenvalue weighted by Crippen LogP contribution is 2.34. The summed E-state index contributed by atoms with van der Waals surface area (Å²) in [7, 11) is -2.26. The molecule has 0 fully saturated rings. The summed E-state index contributed by atoms with van der Waals surface area (Å²) < 4.78 is 23.3. The minimum absolute atomic E-state index is 0.387. The number of carbonyl (C=O) groups excluding carboxylic acids is 1. The number of hydrogen-bond donors (Lipinski definition) is 1. The first-order valence-electron chi connectivity index (χ1n) is 13.3. The molecular weight excluding hydrogens is 472 g/mol. The molecule has 0 amide bonds. The van der Waals surface area contributed by atoms with E-state index in [1.165, 1.54) is 12.0 Å². The lowest BCUT2D eigenvalue weighted by atomic mass is 10.2. The molecule has 8 heteroatoms. The van der Waals surface area contributed by atoms with E-state index in [-0.39, 0.29) is 0 Å². The summed E-state index contributed by atoms with van der Waals surface area (Å²) in [5.74, 6) is 0. The molecule has 1 rings (SSSR count). The Morgan fingerprint density at radius 1 is 0.889 bits per heavy atom. The minimum atomic E-state index is -2.26. The van der Waals surface area contributed by atoms with Crippen LogP contribution in [0.1, 0.15) is 76.7 Å². The smallest absolute Gasteiger partial charge is 0.343 e. The number of aryl methyl sites for hydroxylation is 1. The van der Waals surface area contributed by atoms with E-state index >= 15 is 0 Å². The SMILES string of the molecule is C#[N+]CCCC.CCCOCCO[Si](OCCOCCN)(C(C)C)C(C)C.Cc1ccc(C=O)cc1. The van der Waals surface area contributed by atoms with Crippen LogP contribution in [0.15, 0.2) is 24.3 Å². The monoisotopic (exact) mass is 525 g/mol. The molecule has 0 heterocycles. The van der Waals surface area contributed by atoms with Crippen molar-refractivity contribution in [2.45, 2.75) is 78.8 Å². The first kappa shape index (κ1) is 36.6. The molecule has 1 aromatic carbocycles. The van der Waals surface area contributed by atoms with Crippen molar-refractivity contribution in [1.82, 2.24) is 0 Å². The van der Waals surface area contributed by atoms with E-state index in [9.17, 15) is 4.79 Å². The molecule has 0 bridgehead atoms. The van der Waals surface area contributed by atoms with Crippen LogP contribution >= 0.6 is 0 Å². The van der Waals surface area contributed by atoms with Crippen molar-refractivity contribution in [3.63, 3.8) is 0 Å². The second-order valence-electron chi connectivity index (χ2n) is 9.03. The summed E-state index contributed by atoms with van der Waals surface area (Å²) >= 11 is 0. The quantitative estimate of drug-likeness (QED) is 0.147. The molecule has 0 spiro atoms. The third kappa shape index (κ3) is 18.6. The van der Waals surface area contributed by atoms with Crippen molar-refractivity contribution < 1.29 is 23.1 Å². The summed E-state index contributed by atoms with van der Waals surface area (Å²) in [5, 5.41) is 0. The van der Waals surface area contributed by atoms with Crippen LogP contribution in [0.5, 0.6) is 0 Å². The zero-order chi connectivity index (χ0) is 27.7.